The Kier molecular flexibility index (Phi) is 11.1. The van der Waals surface area contributed by atoms with Crippen molar-refractivity contribution >= 4 is 31.8 Å². The molecule has 0 spiro atoms. The van der Waals surface area contributed by atoms with E-state index in [1.165, 1.54) is 59.5 Å². The van der Waals surface area contributed by atoms with Crippen LogP contribution < -0.4 is 34.7 Å². The van der Waals surface area contributed by atoms with Crippen molar-refractivity contribution < 1.29 is 61.1 Å². The Morgan fingerprint density at radius 3 is 1.35 bits per heavy atom. The molecule has 2 heterocycles. The van der Waals surface area contributed by atoms with E-state index in [1.54, 1.807) is 0 Å². The maximum Gasteiger partial charge on any atom is 1.00 e. The zero-order chi connectivity index (χ0) is 23.3. The van der Waals surface area contributed by atoms with Gasteiger partial charge in [0.25, 0.3) is 0 Å². The Balaban J connectivity index is 0.000000562. The Labute approximate surface area is 203 Å². The molecule has 2 rings (SSSR count). The van der Waals surface area contributed by atoms with Gasteiger partial charge in [-0.05, 0) is 24.3 Å². The number of pyridine rings is 2. The summed E-state index contributed by atoms with van der Waals surface area (Å²) >= 11 is 0. The van der Waals surface area contributed by atoms with Crippen molar-refractivity contribution in [3.8, 4) is 0 Å². The van der Waals surface area contributed by atoms with Crippen LogP contribution in [0.25, 0.3) is 0 Å². The molecule has 11 nitrogen and oxygen atoms in total. The van der Waals surface area contributed by atoms with Crippen LogP contribution in [-0.4, -0.2) is 75.4 Å². The first-order valence-electron chi connectivity index (χ1n) is 8.20. The number of carbonyl (C=O) groups excluding carboxylic acids is 2. The molecule has 2 aromatic heterocycles. The van der Waals surface area contributed by atoms with E-state index in [9.17, 15) is 31.5 Å². The number of aromatic nitrogens is 2. The molecular formula is C17H21N4NaO7S2. The summed E-state index contributed by atoms with van der Waals surface area (Å²) in [4.78, 5) is 28.5. The Bertz CT molecular complexity index is 1020. The molecule has 0 aliphatic heterocycles. The molecule has 0 aliphatic carbocycles. The summed E-state index contributed by atoms with van der Waals surface area (Å²) in [6.07, 6.45) is 2.17. The van der Waals surface area contributed by atoms with E-state index >= 15 is 0 Å². The predicted octanol–water partition coefficient (Wildman–Crippen LogP) is -3.77. The number of sulfonamides is 2. The van der Waals surface area contributed by atoms with Gasteiger partial charge in [0, 0.05) is 47.5 Å². The molecule has 0 radical (unpaired) electrons. The van der Waals surface area contributed by atoms with Crippen molar-refractivity contribution in [3.05, 3.63) is 48.0 Å². The summed E-state index contributed by atoms with van der Waals surface area (Å²) in [7, 11) is -1.39. The van der Waals surface area contributed by atoms with Gasteiger partial charge in [-0.3, -0.25) is 14.8 Å². The van der Waals surface area contributed by atoms with Crippen molar-refractivity contribution in [2.45, 2.75) is 16.7 Å². The van der Waals surface area contributed by atoms with Crippen LogP contribution in [0.3, 0.4) is 0 Å². The fourth-order valence-electron chi connectivity index (χ4n) is 1.82. The second kappa shape index (κ2) is 11.8. The number of hydrogen-bond acceptors (Lipinski definition) is 9. The number of carboxylic acid groups (broad SMARTS) is 1. The fourth-order valence-corrected chi connectivity index (χ4v) is 3.51. The summed E-state index contributed by atoms with van der Waals surface area (Å²) in [6.45, 7) is 1.38. The van der Waals surface area contributed by atoms with Crippen LogP contribution in [-0.2, 0) is 20.0 Å². The number of carbonyl (C=O) groups is 2. The zero-order valence-corrected chi connectivity index (χ0v) is 21.6. The van der Waals surface area contributed by atoms with E-state index in [1.807, 2.05) is 0 Å². The van der Waals surface area contributed by atoms with Gasteiger partial charge in [0.15, 0.2) is 5.78 Å². The largest absolute Gasteiger partial charge is 1.00 e. The molecule has 0 unspecified atom stereocenters. The molecule has 0 aromatic carbocycles. The van der Waals surface area contributed by atoms with E-state index in [2.05, 4.69) is 9.97 Å². The van der Waals surface area contributed by atoms with E-state index in [0.29, 0.717) is 0 Å². The van der Waals surface area contributed by atoms with Gasteiger partial charge in [0.1, 0.15) is 15.5 Å². The van der Waals surface area contributed by atoms with Crippen molar-refractivity contribution in [1.29, 1.82) is 0 Å². The van der Waals surface area contributed by atoms with Crippen LogP contribution >= 0.6 is 0 Å². The average molecular weight is 481 g/mol. The van der Waals surface area contributed by atoms with Crippen LogP contribution in [0.2, 0.25) is 0 Å². The third kappa shape index (κ3) is 7.71. The minimum absolute atomic E-state index is 0. The van der Waals surface area contributed by atoms with Crippen LogP contribution in [0.4, 0.5) is 0 Å². The molecule has 164 valence electrons. The summed E-state index contributed by atoms with van der Waals surface area (Å²) < 4.78 is 48.4. The first kappa shape index (κ1) is 29.3. The summed E-state index contributed by atoms with van der Waals surface area (Å²) in [6, 6.07) is 5.04. The fraction of sp³-hybridized carbons (Fsp3) is 0.294. The molecule has 0 atom stereocenters. The van der Waals surface area contributed by atoms with Gasteiger partial charge in [-0.1, -0.05) is 0 Å². The SMILES string of the molecule is CC(=O)c1ccc(S(=O)(=O)N(C)C)cn1.CN(C)S(=O)(=O)c1ccc(C(=O)[O-])nc1.[Na+]. The quantitative estimate of drug-likeness (QED) is 0.299. The van der Waals surface area contributed by atoms with Gasteiger partial charge in [-0.25, -0.2) is 25.4 Å². The Hall–Kier alpha value is -1.74. The number of ketones is 1. The van der Waals surface area contributed by atoms with E-state index < -0.39 is 26.0 Å². The monoisotopic (exact) mass is 480 g/mol. The van der Waals surface area contributed by atoms with Crippen molar-refractivity contribution in [1.82, 2.24) is 18.6 Å². The molecule has 0 saturated heterocycles. The number of Topliss-reactive ketones (excluding diaryl/α,β-unsaturated/α-hetero) is 1. The molecule has 0 bridgehead atoms. The average Bonchev–Trinajstić information content (AvgIpc) is 2.68. The maximum absolute atomic E-state index is 11.6. The molecule has 0 fully saturated rings. The van der Waals surface area contributed by atoms with Crippen LogP contribution in [0, 0.1) is 0 Å². The summed E-state index contributed by atoms with van der Waals surface area (Å²) in [5, 5.41) is 10.4. The smallest absolute Gasteiger partial charge is 0.543 e. The first-order chi connectivity index (χ1) is 13.7. The standard InChI is InChI=1S/C9H12N2O3S.C8H10N2O4S.Na/c1-7(12)9-5-4-8(6-10-9)15(13,14)11(2)3;1-10(2)15(13,14)6-3-4-7(8(11)12)9-5-6;/h4-6H,1-3H3;3-5H,1-2H3,(H,11,12);/q;;+1/p-1. The molecule has 14 heteroatoms. The van der Waals surface area contributed by atoms with Crippen molar-refractivity contribution in [2.75, 3.05) is 28.2 Å². The first-order valence-corrected chi connectivity index (χ1v) is 11.1. The second-order valence-corrected chi connectivity index (χ2v) is 10.5. The normalized spacial score (nSPS) is 11.3. The van der Waals surface area contributed by atoms with Crippen LogP contribution in [0.1, 0.15) is 27.9 Å². The molecule has 0 aliphatic rings. The number of nitrogens with zero attached hydrogens (tertiary/aromatic N) is 4. The van der Waals surface area contributed by atoms with E-state index in [4.69, 9.17) is 0 Å². The van der Waals surface area contributed by atoms with Gasteiger partial charge in [0.2, 0.25) is 20.0 Å². The minimum Gasteiger partial charge on any atom is -0.543 e. The van der Waals surface area contributed by atoms with Gasteiger partial charge < -0.3 is 9.90 Å². The van der Waals surface area contributed by atoms with Gasteiger partial charge in [-0.2, -0.15) is 0 Å². The molecule has 0 amide bonds. The third-order valence-electron chi connectivity index (χ3n) is 3.60. The van der Waals surface area contributed by atoms with E-state index in [-0.39, 0.29) is 56.5 Å². The topological polar surface area (TPSA) is 158 Å². The molecule has 0 saturated carbocycles. The zero-order valence-electron chi connectivity index (χ0n) is 17.9. The predicted molar refractivity (Wildman–Crippen MR) is 105 cm³/mol. The second-order valence-electron chi connectivity index (χ2n) is 6.18. The number of aromatic carboxylic acids is 1. The van der Waals surface area contributed by atoms with E-state index in [0.717, 1.165) is 20.9 Å². The van der Waals surface area contributed by atoms with Gasteiger partial charge in [-0.15, -0.1) is 0 Å². The van der Waals surface area contributed by atoms with Gasteiger partial charge >= 0.3 is 29.6 Å². The summed E-state index contributed by atoms with van der Waals surface area (Å²) in [5.41, 5.74) is -0.0413. The van der Waals surface area contributed by atoms with Crippen LogP contribution in [0.5, 0.6) is 0 Å². The third-order valence-corrected chi connectivity index (χ3v) is 7.20. The maximum atomic E-state index is 11.6. The summed E-state index contributed by atoms with van der Waals surface area (Å²) in [5.74, 6) is -1.63. The Morgan fingerprint density at radius 2 is 1.13 bits per heavy atom. The minimum atomic E-state index is -3.56. The van der Waals surface area contributed by atoms with Crippen molar-refractivity contribution in [2.24, 2.45) is 0 Å². The number of rotatable bonds is 6. The molecule has 31 heavy (non-hydrogen) atoms. The van der Waals surface area contributed by atoms with Crippen molar-refractivity contribution in [3.63, 3.8) is 0 Å². The molecule has 0 N–H and O–H groups in total. The number of hydrogen-bond donors (Lipinski definition) is 0. The van der Waals surface area contributed by atoms with Crippen LogP contribution in [0.15, 0.2) is 46.5 Å². The Morgan fingerprint density at radius 1 is 0.774 bits per heavy atom. The number of carboxylic acids is 1. The van der Waals surface area contributed by atoms with Gasteiger partial charge in [0.05, 0.1) is 11.7 Å². The molecule has 2 aromatic rings. The molecular weight excluding hydrogens is 459 g/mol.